The van der Waals surface area contributed by atoms with E-state index < -0.39 is 54.8 Å². The van der Waals surface area contributed by atoms with Gasteiger partial charge < -0.3 is 25.6 Å². The lowest BCUT2D eigenvalue weighted by Gasteiger charge is -2.15. The molecule has 0 radical (unpaired) electrons. The Kier molecular flexibility index (Phi) is 6.82. The molecule has 11 nitrogen and oxygen atoms in total. The number of fused-ring (bicyclic) bond motifs is 1. The maximum atomic E-state index is 14.8. The highest BCUT2D eigenvalue weighted by Crippen LogP contribution is 2.34. The van der Waals surface area contributed by atoms with E-state index >= 15 is 0 Å². The molecule has 0 atom stereocenters. The Bertz CT molecular complexity index is 1700. The monoisotopic (exact) mass is 567 g/mol. The van der Waals surface area contributed by atoms with Crippen molar-refractivity contribution in [3.05, 3.63) is 69.3 Å². The zero-order chi connectivity index (χ0) is 27.1. The summed E-state index contributed by atoms with van der Waals surface area (Å²) in [6, 6.07) is 6.61. The molecule has 15 heteroatoms. The van der Waals surface area contributed by atoms with E-state index in [0.717, 1.165) is 28.6 Å². The standard InChI is InChI=1S/C22H15ClFN3O8S2/c1-35-16-7-12(24)13(25-22(32)26-14-9-36-19(21(30)31)18(14)20(28)29)8-17(16)37(33,34)27-6-5-10-11(23)3-2-4-15(10)27/h2-9H,1H3,(H,28,29)(H,30,31)(H2,25,26,32). The predicted molar refractivity (Wildman–Crippen MR) is 133 cm³/mol. The Morgan fingerprint density at radius 1 is 1.08 bits per heavy atom. The minimum Gasteiger partial charge on any atom is -0.495 e. The van der Waals surface area contributed by atoms with Crippen LogP contribution in [-0.2, 0) is 10.0 Å². The first-order chi connectivity index (χ1) is 17.4. The number of carboxylic acids is 2. The number of benzene rings is 2. The Morgan fingerprint density at radius 2 is 1.78 bits per heavy atom. The summed E-state index contributed by atoms with van der Waals surface area (Å²) in [7, 11) is -3.25. The van der Waals surface area contributed by atoms with Crippen molar-refractivity contribution in [1.82, 2.24) is 3.97 Å². The van der Waals surface area contributed by atoms with Crippen LogP contribution in [0.4, 0.5) is 20.6 Å². The van der Waals surface area contributed by atoms with Gasteiger partial charge in [-0.05, 0) is 24.3 Å². The van der Waals surface area contributed by atoms with Gasteiger partial charge in [0.05, 0.1) is 24.0 Å². The lowest BCUT2D eigenvalue weighted by atomic mass is 10.2. The third-order valence-electron chi connectivity index (χ3n) is 5.13. The van der Waals surface area contributed by atoms with Crippen molar-refractivity contribution < 1.29 is 42.1 Å². The second-order valence-electron chi connectivity index (χ2n) is 7.32. The van der Waals surface area contributed by atoms with Crippen molar-refractivity contribution in [2.24, 2.45) is 0 Å². The Balaban J connectivity index is 1.71. The molecule has 4 N–H and O–H groups in total. The number of halogens is 2. The number of amides is 2. The lowest BCUT2D eigenvalue weighted by molar-refractivity contribution is 0.0657. The molecule has 37 heavy (non-hydrogen) atoms. The Morgan fingerprint density at radius 3 is 2.43 bits per heavy atom. The van der Waals surface area contributed by atoms with Crippen molar-refractivity contribution in [3.8, 4) is 5.75 Å². The van der Waals surface area contributed by atoms with E-state index in [0.29, 0.717) is 21.7 Å². The van der Waals surface area contributed by atoms with E-state index in [1.807, 2.05) is 0 Å². The summed E-state index contributed by atoms with van der Waals surface area (Å²) in [6.45, 7) is 0. The van der Waals surface area contributed by atoms with Gasteiger partial charge in [-0.1, -0.05) is 17.7 Å². The van der Waals surface area contributed by atoms with Crippen LogP contribution in [0.5, 0.6) is 5.75 Å². The highest BCUT2D eigenvalue weighted by molar-refractivity contribution is 7.90. The number of anilines is 2. The fourth-order valence-corrected chi connectivity index (χ4v) is 6.08. The molecule has 2 aromatic carbocycles. The van der Waals surface area contributed by atoms with Gasteiger partial charge in [0.2, 0.25) is 0 Å². The van der Waals surface area contributed by atoms with Crippen molar-refractivity contribution in [3.63, 3.8) is 0 Å². The van der Waals surface area contributed by atoms with Crippen molar-refractivity contribution in [2.75, 3.05) is 17.7 Å². The number of ether oxygens (including phenoxy) is 1. The maximum Gasteiger partial charge on any atom is 0.346 e. The smallest absolute Gasteiger partial charge is 0.346 e. The zero-order valence-corrected chi connectivity index (χ0v) is 20.9. The number of nitrogens with one attached hydrogen (secondary N) is 2. The summed E-state index contributed by atoms with van der Waals surface area (Å²) >= 11 is 6.71. The average Bonchev–Trinajstić information content (AvgIpc) is 3.46. The zero-order valence-electron chi connectivity index (χ0n) is 18.5. The Labute approximate surface area is 216 Å². The number of rotatable bonds is 7. The van der Waals surface area contributed by atoms with Crippen molar-refractivity contribution >= 4 is 73.2 Å². The van der Waals surface area contributed by atoms with E-state index in [4.69, 9.17) is 21.4 Å². The van der Waals surface area contributed by atoms with Crippen LogP contribution in [0.2, 0.25) is 5.02 Å². The van der Waals surface area contributed by atoms with Gasteiger partial charge >= 0.3 is 18.0 Å². The second-order valence-corrected chi connectivity index (χ2v) is 10.4. The maximum absolute atomic E-state index is 14.8. The van der Waals surface area contributed by atoms with Gasteiger partial charge in [-0.15, -0.1) is 11.3 Å². The number of urea groups is 1. The first-order valence-corrected chi connectivity index (χ1v) is 12.7. The summed E-state index contributed by atoms with van der Waals surface area (Å²) in [5.41, 5.74) is -1.33. The van der Waals surface area contributed by atoms with Crippen LogP contribution in [0.1, 0.15) is 20.0 Å². The van der Waals surface area contributed by atoms with Crippen LogP contribution in [0, 0.1) is 5.82 Å². The van der Waals surface area contributed by atoms with Crippen LogP contribution >= 0.6 is 22.9 Å². The third kappa shape index (κ3) is 4.69. The molecule has 0 aliphatic heterocycles. The van der Waals surface area contributed by atoms with Crippen LogP contribution in [-0.4, -0.2) is 47.7 Å². The normalized spacial score (nSPS) is 11.3. The molecule has 2 heterocycles. The van der Waals surface area contributed by atoms with Gasteiger partial charge in [-0.25, -0.2) is 31.2 Å². The summed E-state index contributed by atoms with van der Waals surface area (Å²) in [5, 5.41) is 24.6. The highest BCUT2D eigenvalue weighted by atomic mass is 35.5. The number of methoxy groups -OCH3 is 1. The van der Waals surface area contributed by atoms with Gasteiger partial charge in [0.1, 0.15) is 21.1 Å². The molecule has 0 bridgehead atoms. The van der Waals surface area contributed by atoms with E-state index in [-0.39, 0.29) is 17.0 Å². The van der Waals surface area contributed by atoms with Gasteiger partial charge in [-0.2, -0.15) is 0 Å². The SMILES string of the molecule is COc1cc(F)c(NC(=O)Nc2csc(C(=O)O)c2C(=O)O)cc1S(=O)(=O)n1ccc2c(Cl)cccc21. The molecule has 0 saturated carbocycles. The number of thiophene rings is 1. The quantitative estimate of drug-likeness (QED) is 0.248. The molecule has 4 aromatic rings. The van der Waals surface area contributed by atoms with E-state index in [9.17, 15) is 32.3 Å². The number of nitrogens with zero attached hydrogens (tertiary/aromatic N) is 1. The molecule has 2 aromatic heterocycles. The second kappa shape index (κ2) is 9.72. The summed E-state index contributed by atoms with van der Waals surface area (Å²) in [6.07, 6.45) is 1.26. The minimum atomic E-state index is -4.39. The van der Waals surface area contributed by atoms with Crippen LogP contribution in [0.3, 0.4) is 0 Å². The molecule has 192 valence electrons. The molecule has 0 fully saturated rings. The number of carbonyl (C=O) groups excluding carboxylic acids is 1. The average molecular weight is 568 g/mol. The number of aromatic nitrogens is 1. The topological polar surface area (TPSA) is 164 Å². The number of aromatic carboxylic acids is 2. The first kappa shape index (κ1) is 25.9. The minimum absolute atomic E-state index is 0.249. The molecule has 0 unspecified atom stereocenters. The number of hydrogen-bond acceptors (Lipinski definition) is 7. The lowest BCUT2D eigenvalue weighted by Crippen LogP contribution is -2.22. The number of carboxylic acid groups (broad SMARTS) is 2. The predicted octanol–water partition coefficient (Wildman–Crippen LogP) is 4.78. The fraction of sp³-hybridized carbons (Fsp3) is 0.0455. The van der Waals surface area contributed by atoms with E-state index in [1.165, 1.54) is 18.3 Å². The number of carbonyl (C=O) groups is 3. The molecule has 0 aliphatic rings. The van der Waals surface area contributed by atoms with Crippen molar-refractivity contribution in [1.29, 1.82) is 0 Å². The van der Waals surface area contributed by atoms with Crippen LogP contribution < -0.4 is 15.4 Å². The molecule has 2 amide bonds. The summed E-state index contributed by atoms with van der Waals surface area (Å²) in [4.78, 5) is 34.2. The van der Waals surface area contributed by atoms with Crippen LogP contribution in [0.15, 0.2) is 52.9 Å². The van der Waals surface area contributed by atoms with Gasteiger partial charge in [0, 0.05) is 28.1 Å². The molecule has 0 spiro atoms. The molecule has 0 aliphatic carbocycles. The number of hydrogen-bond donors (Lipinski definition) is 4. The third-order valence-corrected chi connectivity index (χ3v) is 8.14. The molecular weight excluding hydrogens is 553 g/mol. The summed E-state index contributed by atoms with van der Waals surface area (Å²) < 4.78 is 47.7. The molecule has 0 saturated heterocycles. The summed E-state index contributed by atoms with van der Waals surface area (Å²) in [5.74, 6) is -4.51. The molecular formula is C22H15ClFN3O8S2. The van der Waals surface area contributed by atoms with Gasteiger partial charge in [0.25, 0.3) is 10.0 Å². The Hall–Kier alpha value is -4.14. The van der Waals surface area contributed by atoms with Crippen molar-refractivity contribution in [2.45, 2.75) is 4.90 Å². The highest BCUT2D eigenvalue weighted by Gasteiger charge is 2.27. The van der Waals surface area contributed by atoms with E-state index in [1.54, 1.807) is 12.1 Å². The fourth-order valence-electron chi connectivity index (χ4n) is 3.51. The van der Waals surface area contributed by atoms with Gasteiger partial charge in [0.15, 0.2) is 5.82 Å². The van der Waals surface area contributed by atoms with Crippen LogP contribution in [0.25, 0.3) is 10.9 Å². The first-order valence-electron chi connectivity index (χ1n) is 10.0. The molecule has 4 rings (SSSR count). The van der Waals surface area contributed by atoms with Gasteiger partial charge in [-0.3, -0.25) is 0 Å². The van der Waals surface area contributed by atoms with E-state index in [2.05, 4.69) is 10.6 Å². The largest absolute Gasteiger partial charge is 0.495 e.